The normalized spacial score (nSPS) is 16.9. The predicted octanol–water partition coefficient (Wildman–Crippen LogP) is 3.23. The van der Waals surface area contributed by atoms with Crippen molar-refractivity contribution in [3.8, 4) is 0 Å². The first-order valence-corrected chi connectivity index (χ1v) is 9.94. The van der Waals surface area contributed by atoms with Crippen molar-refractivity contribution in [2.75, 3.05) is 26.2 Å². The van der Waals surface area contributed by atoms with Gasteiger partial charge in [0.25, 0.3) is 0 Å². The SMILES string of the molecule is O=C(CN(Cc1cccs1)CC1CCCO1)NCCc1ccc(F)cc1. The molecule has 1 saturated heterocycles. The zero-order valence-electron chi connectivity index (χ0n) is 14.8. The van der Waals surface area contributed by atoms with E-state index < -0.39 is 0 Å². The number of rotatable bonds is 9. The van der Waals surface area contributed by atoms with Crippen LogP contribution in [-0.2, 0) is 22.5 Å². The number of benzene rings is 1. The molecule has 2 aromatic rings. The lowest BCUT2D eigenvalue weighted by atomic mass is 10.1. The zero-order valence-corrected chi connectivity index (χ0v) is 15.6. The molecule has 1 aromatic carbocycles. The molecule has 1 aromatic heterocycles. The van der Waals surface area contributed by atoms with E-state index in [-0.39, 0.29) is 17.8 Å². The fourth-order valence-corrected chi connectivity index (χ4v) is 3.89. The molecule has 4 nitrogen and oxygen atoms in total. The quantitative estimate of drug-likeness (QED) is 0.731. The first-order chi connectivity index (χ1) is 12.7. The average molecular weight is 376 g/mol. The molecule has 6 heteroatoms. The summed E-state index contributed by atoms with van der Waals surface area (Å²) in [5.74, 6) is -0.224. The molecule has 140 valence electrons. The Morgan fingerprint density at radius 2 is 2.15 bits per heavy atom. The number of hydrogen-bond acceptors (Lipinski definition) is 4. The molecular weight excluding hydrogens is 351 g/mol. The van der Waals surface area contributed by atoms with E-state index in [4.69, 9.17) is 4.74 Å². The molecule has 0 bridgehead atoms. The second kappa shape index (κ2) is 9.80. The van der Waals surface area contributed by atoms with Crippen molar-refractivity contribution in [2.45, 2.75) is 31.9 Å². The van der Waals surface area contributed by atoms with E-state index >= 15 is 0 Å². The Balaban J connectivity index is 1.46. The molecule has 0 radical (unpaired) electrons. The van der Waals surface area contributed by atoms with Crippen LogP contribution in [0.15, 0.2) is 41.8 Å². The van der Waals surface area contributed by atoms with Gasteiger partial charge in [0.15, 0.2) is 0 Å². The van der Waals surface area contributed by atoms with Crippen molar-refractivity contribution in [3.63, 3.8) is 0 Å². The monoisotopic (exact) mass is 376 g/mol. The molecule has 1 aliphatic rings. The number of carbonyl (C=O) groups excluding carboxylic acids is 1. The summed E-state index contributed by atoms with van der Waals surface area (Å²) in [6.45, 7) is 3.28. The van der Waals surface area contributed by atoms with Gasteiger partial charge in [0.2, 0.25) is 5.91 Å². The van der Waals surface area contributed by atoms with Crippen LogP contribution in [0.5, 0.6) is 0 Å². The average Bonchev–Trinajstić information content (AvgIpc) is 3.31. The Morgan fingerprint density at radius 1 is 1.31 bits per heavy atom. The molecule has 2 heterocycles. The van der Waals surface area contributed by atoms with Crippen LogP contribution in [0, 0.1) is 5.82 Å². The van der Waals surface area contributed by atoms with Gasteiger partial charge in [-0.25, -0.2) is 4.39 Å². The minimum atomic E-state index is -0.240. The molecule has 1 unspecified atom stereocenters. The maximum Gasteiger partial charge on any atom is 0.234 e. The third-order valence-electron chi connectivity index (χ3n) is 4.46. The Kier molecular flexibility index (Phi) is 7.17. The first kappa shape index (κ1) is 19.0. The zero-order chi connectivity index (χ0) is 18.2. The minimum Gasteiger partial charge on any atom is -0.377 e. The molecule has 1 N–H and O–H groups in total. The summed E-state index contributed by atoms with van der Waals surface area (Å²) < 4.78 is 18.7. The molecule has 3 rings (SSSR count). The van der Waals surface area contributed by atoms with Crippen molar-refractivity contribution >= 4 is 17.2 Å². The van der Waals surface area contributed by atoms with Gasteiger partial charge >= 0.3 is 0 Å². The van der Waals surface area contributed by atoms with Crippen molar-refractivity contribution < 1.29 is 13.9 Å². The van der Waals surface area contributed by atoms with Gasteiger partial charge < -0.3 is 10.1 Å². The third-order valence-corrected chi connectivity index (χ3v) is 5.32. The number of halogens is 1. The van der Waals surface area contributed by atoms with E-state index in [1.165, 1.54) is 17.0 Å². The van der Waals surface area contributed by atoms with Gasteiger partial charge in [-0.05, 0) is 48.4 Å². The maximum absolute atomic E-state index is 12.9. The summed E-state index contributed by atoms with van der Waals surface area (Å²) in [6.07, 6.45) is 3.08. The Bertz CT molecular complexity index is 670. The molecule has 0 saturated carbocycles. The number of nitrogens with one attached hydrogen (secondary N) is 1. The van der Waals surface area contributed by atoms with Gasteiger partial charge in [-0.15, -0.1) is 11.3 Å². The van der Waals surface area contributed by atoms with Crippen LogP contribution in [0.25, 0.3) is 0 Å². The number of ether oxygens (including phenoxy) is 1. The largest absolute Gasteiger partial charge is 0.377 e. The number of nitrogens with zero attached hydrogens (tertiary/aromatic N) is 1. The fourth-order valence-electron chi connectivity index (χ4n) is 3.14. The van der Waals surface area contributed by atoms with Crippen molar-refractivity contribution in [3.05, 3.63) is 58.0 Å². The second-order valence-corrected chi connectivity index (χ2v) is 7.64. The number of carbonyl (C=O) groups is 1. The van der Waals surface area contributed by atoms with E-state index in [1.54, 1.807) is 23.5 Å². The number of thiophene rings is 1. The standard InChI is InChI=1S/C20H25FN2O2S/c21-17-7-5-16(6-8-17)9-10-22-20(24)15-23(13-18-3-1-11-25-18)14-19-4-2-12-26-19/h2,4-8,12,18H,1,3,9-11,13-15H2,(H,22,24). The van der Waals surface area contributed by atoms with Gasteiger partial charge in [0.1, 0.15) is 5.82 Å². The Labute approximate surface area is 158 Å². The molecule has 1 aliphatic heterocycles. The summed E-state index contributed by atoms with van der Waals surface area (Å²) in [4.78, 5) is 15.8. The van der Waals surface area contributed by atoms with Crippen LogP contribution in [0.1, 0.15) is 23.3 Å². The number of hydrogen-bond donors (Lipinski definition) is 1. The Morgan fingerprint density at radius 3 is 2.85 bits per heavy atom. The predicted molar refractivity (Wildman–Crippen MR) is 102 cm³/mol. The molecule has 1 atom stereocenters. The summed E-state index contributed by atoms with van der Waals surface area (Å²) in [5.41, 5.74) is 1.02. The highest BCUT2D eigenvalue weighted by Crippen LogP contribution is 2.17. The van der Waals surface area contributed by atoms with Crippen LogP contribution < -0.4 is 5.32 Å². The smallest absolute Gasteiger partial charge is 0.234 e. The molecule has 1 fully saturated rings. The second-order valence-electron chi connectivity index (χ2n) is 6.61. The molecule has 0 aliphatic carbocycles. The topological polar surface area (TPSA) is 41.6 Å². The van der Waals surface area contributed by atoms with Gasteiger partial charge in [-0.1, -0.05) is 18.2 Å². The first-order valence-electron chi connectivity index (χ1n) is 9.06. The van der Waals surface area contributed by atoms with Crippen molar-refractivity contribution in [2.24, 2.45) is 0 Å². The van der Waals surface area contributed by atoms with Crippen LogP contribution in [0.3, 0.4) is 0 Å². The van der Waals surface area contributed by atoms with Crippen LogP contribution in [0.2, 0.25) is 0 Å². The number of amides is 1. The summed E-state index contributed by atoms with van der Waals surface area (Å²) >= 11 is 1.71. The molecular formula is C20H25FN2O2S. The van der Waals surface area contributed by atoms with E-state index in [0.29, 0.717) is 19.5 Å². The minimum absolute atomic E-state index is 0.0154. The van der Waals surface area contributed by atoms with E-state index in [1.807, 2.05) is 6.07 Å². The maximum atomic E-state index is 12.9. The highest BCUT2D eigenvalue weighted by molar-refractivity contribution is 7.09. The van der Waals surface area contributed by atoms with Gasteiger partial charge in [-0.2, -0.15) is 0 Å². The lowest BCUT2D eigenvalue weighted by Crippen LogP contribution is -2.40. The summed E-state index contributed by atoms with van der Waals surface area (Å²) in [7, 11) is 0. The third kappa shape index (κ3) is 6.20. The van der Waals surface area contributed by atoms with E-state index in [0.717, 1.165) is 38.1 Å². The van der Waals surface area contributed by atoms with Crippen molar-refractivity contribution in [1.82, 2.24) is 10.2 Å². The summed E-state index contributed by atoms with van der Waals surface area (Å²) in [6, 6.07) is 10.5. The lowest BCUT2D eigenvalue weighted by molar-refractivity contribution is -0.122. The van der Waals surface area contributed by atoms with E-state index in [9.17, 15) is 9.18 Å². The highest BCUT2D eigenvalue weighted by atomic mass is 32.1. The lowest BCUT2D eigenvalue weighted by Gasteiger charge is -2.24. The van der Waals surface area contributed by atoms with Gasteiger partial charge in [0.05, 0.1) is 12.6 Å². The van der Waals surface area contributed by atoms with Crippen LogP contribution in [-0.4, -0.2) is 43.2 Å². The van der Waals surface area contributed by atoms with Gasteiger partial charge in [0, 0.05) is 31.1 Å². The molecule has 1 amide bonds. The van der Waals surface area contributed by atoms with Crippen LogP contribution >= 0.6 is 11.3 Å². The van der Waals surface area contributed by atoms with Crippen molar-refractivity contribution in [1.29, 1.82) is 0 Å². The fraction of sp³-hybridized carbons (Fsp3) is 0.450. The molecule has 26 heavy (non-hydrogen) atoms. The van der Waals surface area contributed by atoms with E-state index in [2.05, 4.69) is 21.7 Å². The highest BCUT2D eigenvalue weighted by Gasteiger charge is 2.21. The molecule has 0 spiro atoms. The van der Waals surface area contributed by atoms with Crippen LogP contribution in [0.4, 0.5) is 4.39 Å². The summed E-state index contributed by atoms with van der Waals surface area (Å²) in [5, 5.41) is 5.03. The van der Waals surface area contributed by atoms with Gasteiger partial charge in [-0.3, -0.25) is 9.69 Å². The Hall–Kier alpha value is -1.76.